The number of primary amides is 1. The van der Waals surface area contributed by atoms with Gasteiger partial charge in [0.25, 0.3) is 5.91 Å². The Morgan fingerprint density at radius 3 is 2.89 bits per heavy atom. The lowest BCUT2D eigenvalue weighted by molar-refractivity contribution is 0.0509. The molecule has 0 saturated heterocycles. The molecule has 3 N–H and O–H groups in total. The molecule has 2 atom stereocenters. The first kappa shape index (κ1) is 19.3. The molecule has 0 unspecified atom stereocenters. The summed E-state index contributed by atoms with van der Waals surface area (Å²) in [5, 5.41) is 11.4. The van der Waals surface area contributed by atoms with Crippen molar-refractivity contribution in [1.82, 2.24) is 4.98 Å². The molecule has 0 radical (unpaired) electrons. The number of pyridine rings is 1. The van der Waals surface area contributed by atoms with E-state index >= 15 is 0 Å². The Balaban J connectivity index is 1.91. The van der Waals surface area contributed by atoms with Crippen LogP contribution in [0.3, 0.4) is 0 Å². The molecule has 1 aliphatic carbocycles. The van der Waals surface area contributed by atoms with Crippen molar-refractivity contribution in [3.63, 3.8) is 0 Å². The predicted molar refractivity (Wildman–Crippen MR) is 97.2 cm³/mol. The van der Waals surface area contributed by atoms with Gasteiger partial charge in [0, 0.05) is 16.1 Å². The first-order valence-electron chi connectivity index (χ1n) is 8.44. The van der Waals surface area contributed by atoms with Crippen molar-refractivity contribution in [2.45, 2.75) is 37.2 Å². The van der Waals surface area contributed by atoms with Crippen molar-refractivity contribution < 1.29 is 18.7 Å². The standard InChI is InChI=1S/C20H17ClF2N2O2/c21-14-5-1-3-12(9-14)6-8-20(27)7-2-4-13(10-20)16-15(22)11-25-18(17(16)23)19(24)26/h1,3,5,9,11,13,27H,2,4,7,10H2,(H2,24,26)/t13-,20+/m0/s1. The molecule has 1 saturated carbocycles. The smallest absolute Gasteiger partial charge is 0.270 e. The van der Waals surface area contributed by atoms with E-state index in [2.05, 4.69) is 16.8 Å². The van der Waals surface area contributed by atoms with Crippen molar-refractivity contribution in [2.75, 3.05) is 0 Å². The molecule has 0 aliphatic heterocycles. The van der Waals surface area contributed by atoms with Crippen LogP contribution in [0.4, 0.5) is 8.78 Å². The molecule has 2 aromatic rings. The molecule has 1 heterocycles. The molecule has 1 fully saturated rings. The Labute approximate surface area is 160 Å². The van der Waals surface area contributed by atoms with Gasteiger partial charge in [-0.1, -0.05) is 29.5 Å². The van der Waals surface area contributed by atoms with E-state index in [-0.39, 0.29) is 12.0 Å². The molecule has 1 aromatic carbocycles. The minimum Gasteiger partial charge on any atom is -0.378 e. The number of aliphatic hydroxyl groups is 1. The Morgan fingerprint density at radius 1 is 1.41 bits per heavy atom. The Hall–Kier alpha value is -2.49. The summed E-state index contributed by atoms with van der Waals surface area (Å²) in [7, 11) is 0. The summed E-state index contributed by atoms with van der Waals surface area (Å²) < 4.78 is 28.8. The largest absolute Gasteiger partial charge is 0.378 e. The van der Waals surface area contributed by atoms with Gasteiger partial charge in [-0.2, -0.15) is 0 Å². The molecule has 7 heteroatoms. The predicted octanol–water partition coefficient (Wildman–Crippen LogP) is 3.55. The van der Waals surface area contributed by atoms with Crippen LogP contribution in [0.2, 0.25) is 5.02 Å². The maximum Gasteiger partial charge on any atom is 0.270 e. The lowest BCUT2D eigenvalue weighted by Gasteiger charge is -2.33. The van der Waals surface area contributed by atoms with Crippen LogP contribution in [0, 0.1) is 23.5 Å². The van der Waals surface area contributed by atoms with E-state index in [1.54, 1.807) is 24.3 Å². The second kappa shape index (κ2) is 7.63. The van der Waals surface area contributed by atoms with Crippen molar-refractivity contribution in [1.29, 1.82) is 0 Å². The number of amides is 1. The van der Waals surface area contributed by atoms with Gasteiger partial charge in [0.2, 0.25) is 0 Å². The van der Waals surface area contributed by atoms with Crippen molar-refractivity contribution >= 4 is 17.5 Å². The van der Waals surface area contributed by atoms with Crippen molar-refractivity contribution in [3.8, 4) is 11.8 Å². The van der Waals surface area contributed by atoms with Crippen LogP contribution in [-0.4, -0.2) is 21.6 Å². The van der Waals surface area contributed by atoms with E-state index in [9.17, 15) is 18.7 Å². The van der Waals surface area contributed by atoms with Crippen molar-refractivity contribution in [3.05, 3.63) is 63.9 Å². The van der Waals surface area contributed by atoms with Gasteiger partial charge in [0.15, 0.2) is 11.5 Å². The minimum absolute atomic E-state index is 0.0383. The maximum atomic E-state index is 14.6. The number of hydrogen-bond acceptors (Lipinski definition) is 3. The highest BCUT2D eigenvalue weighted by atomic mass is 35.5. The Morgan fingerprint density at radius 2 is 2.19 bits per heavy atom. The fraction of sp³-hybridized carbons (Fsp3) is 0.300. The van der Waals surface area contributed by atoms with Crippen LogP contribution in [0.1, 0.15) is 53.2 Å². The molecule has 4 nitrogen and oxygen atoms in total. The van der Waals surface area contributed by atoms with Gasteiger partial charge < -0.3 is 10.8 Å². The number of benzene rings is 1. The number of carbonyl (C=O) groups is 1. The summed E-state index contributed by atoms with van der Waals surface area (Å²) in [6, 6.07) is 6.88. The van der Waals surface area contributed by atoms with E-state index in [0.717, 1.165) is 6.20 Å². The van der Waals surface area contributed by atoms with Gasteiger partial charge >= 0.3 is 0 Å². The average Bonchev–Trinajstić information content (AvgIpc) is 2.60. The van der Waals surface area contributed by atoms with E-state index < -0.39 is 34.8 Å². The molecule has 3 rings (SSSR count). The first-order valence-corrected chi connectivity index (χ1v) is 8.82. The first-order chi connectivity index (χ1) is 12.8. The summed E-state index contributed by atoms with van der Waals surface area (Å²) in [6.45, 7) is 0. The normalized spacial score (nSPS) is 22.0. The molecule has 1 amide bonds. The zero-order valence-corrected chi connectivity index (χ0v) is 15.1. The maximum absolute atomic E-state index is 14.6. The molecule has 0 spiro atoms. The fourth-order valence-electron chi connectivity index (χ4n) is 3.39. The van der Waals surface area contributed by atoms with Crippen LogP contribution in [0.5, 0.6) is 0 Å². The number of aromatic nitrogens is 1. The highest BCUT2D eigenvalue weighted by molar-refractivity contribution is 6.30. The van der Waals surface area contributed by atoms with Gasteiger partial charge in [-0.15, -0.1) is 0 Å². The van der Waals surface area contributed by atoms with Crippen LogP contribution >= 0.6 is 11.6 Å². The number of nitrogens with zero attached hydrogens (tertiary/aromatic N) is 1. The third-order valence-corrected chi connectivity index (χ3v) is 4.88. The zero-order chi connectivity index (χ0) is 19.6. The van der Waals surface area contributed by atoms with Gasteiger partial charge in [-0.25, -0.2) is 13.8 Å². The average molecular weight is 391 g/mol. The number of hydrogen-bond donors (Lipinski definition) is 2. The second-order valence-corrected chi connectivity index (χ2v) is 7.07. The summed E-state index contributed by atoms with van der Waals surface area (Å²) in [4.78, 5) is 14.7. The summed E-state index contributed by atoms with van der Waals surface area (Å²) in [5.74, 6) is 2.04. The van der Waals surface area contributed by atoms with Gasteiger partial charge in [-0.3, -0.25) is 4.79 Å². The molecule has 1 aromatic heterocycles. The summed E-state index contributed by atoms with van der Waals surface area (Å²) >= 11 is 5.92. The second-order valence-electron chi connectivity index (χ2n) is 6.63. The van der Waals surface area contributed by atoms with Crippen LogP contribution in [0.15, 0.2) is 30.5 Å². The third-order valence-electron chi connectivity index (χ3n) is 4.64. The van der Waals surface area contributed by atoms with Gasteiger partial charge in [0.05, 0.1) is 6.20 Å². The molecule has 27 heavy (non-hydrogen) atoms. The number of nitrogens with two attached hydrogens (primary N) is 1. The van der Waals surface area contributed by atoms with Crippen molar-refractivity contribution in [2.24, 2.45) is 5.73 Å². The summed E-state index contributed by atoms with van der Waals surface area (Å²) in [5.41, 5.74) is 3.44. The van der Waals surface area contributed by atoms with Gasteiger partial charge in [-0.05, 0) is 49.8 Å². The number of halogens is 3. The molecular weight excluding hydrogens is 374 g/mol. The minimum atomic E-state index is -1.40. The van der Waals surface area contributed by atoms with E-state index in [4.69, 9.17) is 17.3 Å². The Bertz CT molecular complexity index is 955. The quantitative estimate of drug-likeness (QED) is 0.770. The molecular formula is C20H17ClF2N2O2. The van der Waals surface area contributed by atoms with Crippen LogP contribution in [-0.2, 0) is 0 Å². The lowest BCUT2D eigenvalue weighted by atomic mass is 9.75. The zero-order valence-electron chi connectivity index (χ0n) is 14.3. The highest BCUT2D eigenvalue weighted by Gasteiger charge is 2.37. The lowest BCUT2D eigenvalue weighted by Crippen LogP contribution is -2.34. The number of carbonyl (C=O) groups excluding carboxylic acids is 1. The van der Waals surface area contributed by atoms with Crippen LogP contribution < -0.4 is 5.73 Å². The monoisotopic (exact) mass is 390 g/mol. The van der Waals surface area contributed by atoms with E-state index in [1.807, 2.05) is 0 Å². The molecule has 0 bridgehead atoms. The van der Waals surface area contributed by atoms with Crippen LogP contribution in [0.25, 0.3) is 0 Å². The highest BCUT2D eigenvalue weighted by Crippen LogP contribution is 2.40. The Kier molecular flexibility index (Phi) is 5.45. The number of rotatable bonds is 2. The van der Waals surface area contributed by atoms with E-state index in [1.165, 1.54) is 0 Å². The molecule has 140 valence electrons. The third kappa shape index (κ3) is 4.26. The summed E-state index contributed by atoms with van der Waals surface area (Å²) in [6.07, 6.45) is 2.18. The fourth-order valence-corrected chi connectivity index (χ4v) is 3.58. The SMILES string of the molecule is NC(=O)c1ncc(F)c([C@H]2CCC[C@@](O)(C#Cc3cccc(Cl)c3)C2)c1F. The molecule has 1 aliphatic rings. The topological polar surface area (TPSA) is 76.2 Å². The van der Waals surface area contributed by atoms with E-state index in [0.29, 0.717) is 29.8 Å². The van der Waals surface area contributed by atoms with Gasteiger partial charge in [0.1, 0.15) is 11.4 Å².